The summed E-state index contributed by atoms with van der Waals surface area (Å²) in [6, 6.07) is -3.82. The van der Waals surface area contributed by atoms with Crippen LogP contribution in [0.5, 0.6) is 0 Å². The first-order valence-electron chi connectivity index (χ1n) is 14.3. The van der Waals surface area contributed by atoms with E-state index in [1.807, 2.05) is 0 Å². The Kier molecular flexibility index (Phi) is 22.9. The third kappa shape index (κ3) is 14.2. The maximum Gasteiger partial charge on any atom is 1.00 e. The van der Waals surface area contributed by atoms with Crippen LogP contribution in [-0.4, -0.2) is 180 Å². The van der Waals surface area contributed by atoms with Gasteiger partial charge in [-0.05, 0) is 26.7 Å². The number of ether oxygens (including phenoxy) is 6. The molecule has 3 aliphatic heterocycles. The number of nitrogens with one attached hydrogen (secondary N) is 1. The van der Waals surface area contributed by atoms with Gasteiger partial charge in [-0.25, -0.2) is 17.3 Å². The monoisotopic (exact) mass is 826 g/mol. The molecule has 0 unspecified atom stereocenters. The van der Waals surface area contributed by atoms with Gasteiger partial charge in [0.25, 0.3) is 0 Å². The van der Waals surface area contributed by atoms with Crippen LogP contribution in [0, 0.1) is 0 Å². The fourth-order valence-electron chi connectivity index (χ4n) is 5.27. The largest absolute Gasteiger partial charge is 1.00 e. The Morgan fingerprint density at radius 2 is 1.35 bits per heavy atom. The first-order valence-corrected chi connectivity index (χ1v) is 17.0. The van der Waals surface area contributed by atoms with Crippen molar-refractivity contribution in [2.45, 2.75) is 119 Å². The molecule has 0 aromatic heterocycles. The summed E-state index contributed by atoms with van der Waals surface area (Å²) in [7, 11) is -11.1. The Balaban J connectivity index is 0.00000867. The van der Waals surface area contributed by atoms with Gasteiger partial charge in [0.15, 0.2) is 35.3 Å². The van der Waals surface area contributed by atoms with Crippen molar-refractivity contribution >= 4 is 32.6 Å². The quantitative estimate of drug-likeness (QED) is 0.0349. The normalized spacial score (nSPS) is 38.8. The number of aliphatic hydroxyl groups is 6. The summed E-state index contributed by atoms with van der Waals surface area (Å²) in [6.45, 7) is 2.11. The average molecular weight is 827 g/mol. The Morgan fingerprint density at radius 3 is 1.81 bits per heavy atom. The molecule has 3 saturated heterocycles. The third-order valence-corrected chi connectivity index (χ3v) is 8.31. The summed E-state index contributed by atoms with van der Waals surface area (Å²) < 4.78 is 106. The van der Waals surface area contributed by atoms with Crippen LogP contribution in [0.15, 0.2) is 4.99 Å². The number of hydrogen-bond acceptors (Lipinski definition) is 22. The molecule has 0 amide bonds. The van der Waals surface area contributed by atoms with Crippen LogP contribution >= 0.6 is 0 Å². The number of aliphatic imine (C=N–C) groups is 1. The maximum absolute atomic E-state index is 12.2. The number of rotatable bonds is 14. The predicted molar refractivity (Wildman–Crippen MR) is 145 cm³/mol. The van der Waals surface area contributed by atoms with Crippen LogP contribution in [0.1, 0.15) is 20.8 Å². The molecule has 0 saturated carbocycles. The third-order valence-electron chi connectivity index (χ3n) is 7.29. The minimum absolute atomic E-state index is 0. The molecule has 0 radical (unpaired) electrons. The Hall–Kier alpha value is 1.20. The first kappa shape index (κ1) is 53.2. The predicted octanol–water partition coefficient (Wildman–Crippen LogP) is -17.7. The fourth-order valence-corrected chi connectivity index (χ4v) is 6.34. The van der Waals surface area contributed by atoms with Gasteiger partial charge in [-0.15, -0.1) is 0 Å². The molecule has 3 fully saturated rings. The second-order valence-corrected chi connectivity index (χ2v) is 13.5. The van der Waals surface area contributed by atoms with Crippen LogP contribution in [0.2, 0.25) is 0 Å². The van der Waals surface area contributed by atoms with Crippen molar-refractivity contribution in [2.75, 3.05) is 13.2 Å². The number of carbonyl (C=O) groups excluding carboxylic acids is 1. The summed E-state index contributed by atoms with van der Waals surface area (Å²) >= 11 is 0. The zero-order chi connectivity index (χ0) is 37.2. The minimum Gasteiger partial charge on any atom is -0.862 e. The SMILES string of the molecule is CC([O-])=N[C@H]1[C@@H](OC(C)C)O[C@H](CO)[C@@H](O[C@@H]2O[C@H](C(=O)[O-])[C@@H](O[C@H]3O[C@H](CO)[C@@H](O)[C@H](O)[C@H]3NS(=O)(=O)[O-])[C@H](O)[C@H]2OS(=O)(=O)O)[C@@H]1O.[Na+].[Na+].[Na+]. The van der Waals surface area contributed by atoms with Gasteiger partial charge in [0, 0.05) is 0 Å². The molecular formula is C23H37N2Na3O22S2. The topological polar surface area (TPSA) is 385 Å². The van der Waals surface area contributed by atoms with Crippen LogP contribution in [0.4, 0.5) is 0 Å². The smallest absolute Gasteiger partial charge is 0.862 e. The van der Waals surface area contributed by atoms with E-state index in [0.29, 0.717) is 0 Å². The van der Waals surface area contributed by atoms with Crippen LogP contribution in [-0.2, 0) is 58.1 Å². The van der Waals surface area contributed by atoms with Gasteiger partial charge in [-0.2, -0.15) is 8.42 Å². The minimum atomic E-state index is -5.61. The van der Waals surface area contributed by atoms with E-state index in [9.17, 15) is 71.6 Å². The molecule has 0 spiro atoms. The van der Waals surface area contributed by atoms with Crippen molar-refractivity contribution < 1.29 is 193 Å². The molecular weight excluding hydrogens is 789 g/mol. The van der Waals surface area contributed by atoms with Crippen LogP contribution in [0.25, 0.3) is 0 Å². The number of carbonyl (C=O) groups is 1. The number of carboxylic acid groups (broad SMARTS) is 1. The number of aliphatic hydroxyl groups excluding tert-OH is 6. The summed E-state index contributed by atoms with van der Waals surface area (Å²) in [5.74, 6) is -3.07. The summed E-state index contributed by atoms with van der Waals surface area (Å²) in [5, 5.41) is 86.5. The molecule has 0 aromatic rings. The number of aliphatic carboxylic acids is 1. The second kappa shape index (κ2) is 22.4. The van der Waals surface area contributed by atoms with E-state index in [-0.39, 0.29) is 88.7 Å². The zero-order valence-corrected chi connectivity index (χ0v) is 36.3. The summed E-state index contributed by atoms with van der Waals surface area (Å²) in [4.78, 5) is 15.9. The molecule has 29 heteroatoms. The molecule has 8 N–H and O–H groups in total. The van der Waals surface area contributed by atoms with Crippen molar-refractivity contribution in [3.8, 4) is 0 Å². The molecule has 0 bridgehead atoms. The Labute approximate surface area is 363 Å². The van der Waals surface area contributed by atoms with Crippen molar-refractivity contribution in [1.82, 2.24) is 4.72 Å². The van der Waals surface area contributed by atoms with Crippen molar-refractivity contribution in [3.63, 3.8) is 0 Å². The Morgan fingerprint density at radius 1 is 0.808 bits per heavy atom. The molecule has 286 valence electrons. The second-order valence-electron chi connectivity index (χ2n) is 11.3. The van der Waals surface area contributed by atoms with Gasteiger partial charge in [0.1, 0.15) is 67.0 Å². The first-order chi connectivity index (χ1) is 22.6. The van der Waals surface area contributed by atoms with Gasteiger partial charge in [-0.3, -0.25) is 9.55 Å². The van der Waals surface area contributed by atoms with E-state index < -0.39 is 144 Å². The Bertz CT molecular complexity index is 1380. The molecule has 24 nitrogen and oxygen atoms in total. The molecule has 52 heavy (non-hydrogen) atoms. The van der Waals surface area contributed by atoms with Crippen molar-refractivity contribution in [2.24, 2.45) is 4.99 Å². The molecule has 3 heterocycles. The van der Waals surface area contributed by atoms with Gasteiger partial charge in [-0.1, -0.05) is 0 Å². The number of carboxylic acids is 1. The van der Waals surface area contributed by atoms with Gasteiger partial charge in [0.2, 0.25) is 0 Å². The fraction of sp³-hybridized carbons (Fsp3) is 0.913. The number of nitrogens with zero attached hydrogens (tertiary/aromatic N) is 1. The summed E-state index contributed by atoms with van der Waals surface area (Å²) in [6.07, 6.45) is -28.6. The van der Waals surface area contributed by atoms with Crippen molar-refractivity contribution in [1.29, 1.82) is 0 Å². The molecule has 0 aromatic carbocycles. The van der Waals surface area contributed by atoms with E-state index in [4.69, 9.17) is 28.4 Å². The molecule has 0 aliphatic carbocycles. The molecule has 3 aliphatic rings. The van der Waals surface area contributed by atoms with E-state index in [0.717, 1.165) is 6.92 Å². The molecule has 3 rings (SSSR count). The van der Waals surface area contributed by atoms with Gasteiger partial charge < -0.3 is 78.6 Å². The van der Waals surface area contributed by atoms with E-state index in [1.165, 1.54) is 4.72 Å². The van der Waals surface area contributed by atoms with Crippen LogP contribution < -0.4 is 104 Å². The van der Waals surface area contributed by atoms with E-state index in [2.05, 4.69) is 9.18 Å². The van der Waals surface area contributed by atoms with E-state index >= 15 is 0 Å². The average Bonchev–Trinajstić information content (AvgIpc) is 2.96. The van der Waals surface area contributed by atoms with Gasteiger partial charge >= 0.3 is 99.1 Å². The van der Waals surface area contributed by atoms with Crippen molar-refractivity contribution in [3.05, 3.63) is 0 Å². The summed E-state index contributed by atoms with van der Waals surface area (Å²) in [5.41, 5.74) is 0. The molecule has 15 atom stereocenters. The number of hydrogen-bond donors (Lipinski definition) is 8. The van der Waals surface area contributed by atoms with Gasteiger partial charge in [0.05, 0.1) is 25.3 Å². The zero-order valence-electron chi connectivity index (χ0n) is 28.7. The maximum atomic E-state index is 12.2. The van der Waals surface area contributed by atoms with E-state index in [1.54, 1.807) is 13.8 Å². The van der Waals surface area contributed by atoms with Crippen LogP contribution in [0.3, 0.4) is 0 Å². The standard InChI is InChI=1S/C23H40N2O22S2.3Na/c1-6(2)41-21-10(24-7(3)28)14(31)16(9(5-27)43-21)44-23-18(47-49(38,39)40)15(32)17(19(46-23)20(33)34)45-22-11(25-48(35,36)37)13(30)12(29)8(4-26)42-22;;;/h6,8-19,21-23,25-27,29-32H,4-5H2,1-3H3,(H,24,28)(H,33,34)(H,35,36,37)(H,38,39,40);;;/q;3*+1/p-3/t8-,9-,10-,11-,12-,13-,14-,15+,16-,17+,18-,19+,21+,22-,23-;;;/m1.../s1.